The van der Waals surface area contributed by atoms with Crippen molar-refractivity contribution in [2.24, 2.45) is 17.8 Å². The molecule has 0 aliphatic heterocycles. The lowest BCUT2D eigenvalue weighted by Crippen LogP contribution is -2.54. The third kappa shape index (κ3) is 2.42. The molecular formula is C15H26N2O3. The number of hydrogen-bond donors (Lipinski definition) is 3. The zero-order valence-electron chi connectivity index (χ0n) is 12.2. The SMILES string of the molecule is COC1(CNC(=O)NC2C3CCC(C3)C2CO)CCC1. The van der Waals surface area contributed by atoms with Crippen LogP contribution in [0.5, 0.6) is 0 Å². The fourth-order valence-corrected chi connectivity index (χ4v) is 4.37. The van der Waals surface area contributed by atoms with Gasteiger partial charge in [-0.15, -0.1) is 0 Å². The molecule has 3 aliphatic carbocycles. The van der Waals surface area contributed by atoms with Gasteiger partial charge >= 0.3 is 6.03 Å². The van der Waals surface area contributed by atoms with Crippen LogP contribution in [0.3, 0.4) is 0 Å². The van der Waals surface area contributed by atoms with Crippen molar-refractivity contribution in [2.75, 3.05) is 20.3 Å². The van der Waals surface area contributed by atoms with E-state index >= 15 is 0 Å². The van der Waals surface area contributed by atoms with Crippen LogP contribution in [0.1, 0.15) is 38.5 Å². The Bertz CT molecular complexity index is 365. The van der Waals surface area contributed by atoms with Crippen LogP contribution in [0.2, 0.25) is 0 Å². The number of aliphatic hydroxyl groups excluding tert-OH is 1. The normalized spacial score (nSPS) is 37.5. The van der Waals surface area contributed by atoms with Gasteiger partial charge in [0, 0.05) is 32.2 Å². The van der Waals surface area contributed by atoms with Crippen molar-refractivity contribution in [3.05, 3.63) is 0 Å². The molecule has 3 fully saturated rings. The molecule has 5 nitrogen and oxygen atoms in total. The molecule has 0 spiro atoms. The second-order valence-electron chi connectivity index (χ2n) is 6.77. The summed E-state index contributed by atoms with van der Waals surface area (Å²) in [5.74, 6) is 1.41. The lowest BCUT2D eigenvalue weighted by Gasteiger charge is -2.40. The molecule has 0 saturated heterocycles. The summed E-state index contributed by atoms with van der Waals surface area (Å²) in [6.07, 6.45) is 6.79. The second kappa shape index (κ2) is 5.53. The zero-order valence-corrected chi connectivity index (χ0v) is 12.2. The summed E-state index contributed by atoms with van der Waals surface area (Å²) in [5, 5.41) is 15.6. The molecule has 3 saturated carbocycles. The van der Waals surface area contributed by atoms with Crippen LogP contribution in [-0.2, 0) is 4.74 Å². The minimum absolute atomic E-state index is 0.107. The van der Waals surface area contributed by atoms with Crippen LogP contribution < -0.4 is 10.6 Å². The summed E-state index contributed by atoms with van der Waals surface area (Å²) in [6.45, 7) is 0.772. The predicted octanol–water partition coefficient (Wildman–Crippen LogP) is 1.26. The molecule has 4 atom stereocenters. The summed E-state index contributed by atoms with van der Waals surface area (Å²) < 4.78 is 5.50. The maximum absolute atomic E-state index is 12.1. The quantitative estimate of drug-likeness (QED) is 0.711. The number of nitrogens with one attached hydrogen (secondary N) is 2. The average Bonchev–Trinajstić information content (AvgIpc) is 2.98. The van der Waals surface area contributed by atoms with E-state index in [4.69, 9.17) is 4.74 Å². The molecule has 2 amide bonds. The molecular weight excluding hydrogens is 256 g/mol. The first-order chi connectivity index (χ1) is 9.67. The molecule has 114 valence electrons. The molecule has 0 aromatic carbocycles. The Morgan fingerprint density at radius 3 is 2.70 bits per heavy atom. The Morgan fingerprint density at radius 2 is 2.10 bits per heavy atom. The molecule has 0 aromatic heterocycles. The van der Waals surface area contributed by atoms with Gasteiger partial charge in [0.25, 0.3) is 0 Å². The van der Waals surface area contributed by atoms with Gasteiger partial charge < -0.3 is 20.5 Å². The molecule has 20 heavy (non-hydrogen) atoms. The molecule has 2 bridgehead atoms. The Balaban J connectivity index is 1.49. The number of aliphatic hydroxyl groups is 1. The maximum atomic E-state index is 12.1. The molecule has 0 aromatic rings. The monoisotopic (exact) mass is 282 g/mol. The van der Waals surface area contributed by atoms with E-state index in [2.05, 4.69) is 10.6 Å². The Morgan fingerprint density at radius 1 is 1.35 bits per heavy atom. The molecule has 4 unspecified atom stereocenters. The van der Waals surface area contributed by atoms with E-state index in [1.54, 1.807) is 7.11 Å². The summed E-state index contributed by atoms with van der Waals surface area (Å²) in [5.41, 5.74) is -0.137. The summed E-state index contributed by atoms with van der Waals surface area (Å²) in [4.78, 5) is 12.1. The molecule has 3 rings (SSSR count). The van der Waals surface area contributed by atoms with Crippen LogP contribution >= 0.6 is 0 Å². The minimum Gasteiger partial charge on any atom is -0.396 e. The Hall–Kier alpha value is -0.810. The van der Waals surface area contributed by atoms with Crippen molar-refractivity contribution >= 4 is 6.03 Å². The minimum atomic E-state index is -0.137. The van der Waals surface area contributed by atoms with Gasteiger partial charge in [-0.05, 0) is 50.4 Å². The van der Waals surface area contributed by atoms with Crippen molar-refractivity contribution in [2.45, 2.75) is 50.2 Å². The van der Waals surface area contributed by atoms with E-state index in [1.165, 1.54) is 19.3 Å². The lowest BCUT2D eigenvalue weighted by atomic mass is 9.80. The van der Waals surface area contributed by atoms with E-state index in [1.807, 2.05) is 0 Å². The smallest absolute Gasteiger partial charge is 0.315 e. The molecule has 3 N–H and O–H groups in total. The van der Waals surface area contributed by atoms with Gasteiger partial charge in [0.05, 0.1) is 5.60 Å². The highest BCUT2D eigenvalue weighted by atomic mass is 16.5. The fraction of sp³-hybridized carbons (Fsp3) is 0.933. The first-order valence-electron chi connectivity index (χ1n) is 7.88. The fourth-order valence-electron chi connectivity index (χ4n) is 4.37. The number of carbonyl (C=O) groups is 1. The van der Waals surface area contributed by atoms with Gasteiger partial charge in [0.1, 0.15) is 0 Å². The number of hydrogen-bond acceptors (Lipinski definition) is 3. The average molecular weight is 282 g/mol. The third-order valence-electron chi connectivity index (χ3n) is 5.87. The van der Waals surface area contributed by atoms with Gasteiger partial charge in [-0.1, -0.05) is 0 Å². The first kappa shape index (κ1) is 14.1. The number of carbonyl (C=O) groups excluding carboxylic acids is 1. The van der Waals surface area contributed by atoms with Crippen LogP contribution in [0.15, 0.2) is 0 Å². The van der Waals surface area contributed by atoms with Gasteiger partial charge in [0.15, 0.2) is 0 Å². The van der Waals surface area contributed by atoms with E-state index in [0.717, 1.165) is 19.3 Å². The van der Waals surface area contributed by atoms with Crippen LogP contribution in [0.25, 0.3) is 0 Å². The number of rotatable bonds is 5. The standard InChI is InChI=1S/C15H26N2O3/c1-20-15(5-2-6-15)9-16-14(19)17-13-11-4-3-10(7-11)12(13)8-18/h10-13,18H,2-9H2,1H3,(H2,16,17,19). The second-order valence-corrected chi connectivity index (χ2v) is 6.77. The van der Waals surface area contributed by atoms with E-state index < -0.39 is 0 Å². The summed E-state index contributed by atoms with van der Waals surface area (Å²) in [7, 11) is 1.72. The van der Waals surface area contributed by atoms with E-state index in [0.29, 0.717) is 18.4 Å². The van der Waals surface area contributed by atoms with E-state index in [-0.39, 0.29) is 30.2 Å². The number of ether oxygens (including phenoxy) is 1. The van der Waals surface area contributed by atoms with Crippen molar-refractivity contribution < 1.29 is 14.6 Å². The number of methoxy groups -OCH3 is 1. The molecule has 5 heteroatoms. The van der Waals surface area contributed by atoms with Gasteiger partial charge in [-0.3, -0.25) is 0 Å². The molecule has 0 radical (unpaired) electrons. The largest absolute Gasteiger partial charge is 0.396 e. The van der Waals surface area contributed by atoms with Gasteiger partial charge in [0.2, 0.25) is 0 Å². The first-order valence-corrected chi connectivity index (χ1v) is 7.88. The van der Waals surface area contributed by atoms with Crippen LogP contribution in [0.4, 0.5) is 4.79 Å². The predicted molar refractivity (Wildman–Crippen MR) is 75.3 cm³/mol. The summed E-state index contributed by atoms with van der Waals surface area (Å²) >= 11 is 0. The van der Waals surface area contributed by atoms with Crippen molar-refractivity contribution in [1.82, 2.24) is 10.6 Å². The number of fused-ring (bicyclic) bond motifs is 2. The van der Waals surface area contributed by atoms with Gasteiger partial charge in [-0.2, -0.15) is 0 Å². The molecule has 3 aliphatic rings. The Kier molecular flexibility index (Phi) is 3.91. The highest BCUT2D eigenvalue weighted by Gasteiger charge is 2.47. The topological polar surface area (TPSA) is 70.6 Å². The summed E-state index contributed by atoms with van der Waals surface area (Å²) in [6, 6.07) is 0.0444. The van der Waals surface area contributed by atoms with Crippen molar-refractivity contribution in [3.8, 4) is 0 Å². The van der Waals surface area contributed by atoms with Crippen molar-refractivity contribution in [1.29, 1.82) is 0 Å². The van der Waals surface area contributed by atoms with Crippen molar-refractivity contribution in [3.63, 3.8) is 0 Å². The third-order valence-corrected chi connectivity index (χ3v) is 5.87. The maximum Gasteiger partial charge on any atom is 0.315 e. The highest BCUT2D eigenvalue weighted by molar-refractivity contribution is 5.74. The number of urea groups is 1. The Labute approximate surface area is 120 Å². The van der Waals surface area contributed by atoms with Crippen LogP contribution in [0, 0.1) is 17.8 Å². The lowest BCUT2D eigenvalue weighted by molar-refractivity contribution is -0.0674. The van der Waals surface area contributed by atoms with E-state index in [9.17, 15) is 9.90 Å². The van der Waals surface area contributed by atoms with Gasteiger partial charge in [-0.25, -0.2) is 4.79 Å². The molecule has 0 heterocycles. The number of amides is 2. The highest BCUT2D eigenvalue weighted by Crippen LogP contribution is 2.48. The van der Waals surface area contributed by atoms with Crippen LogP contribution in [-0.4, -0.2) is 43.0 Å². The zero-order chi connectivity index (χ0) is 14.2.